The molecule has 0 N–H and O–H groups in total. The van der Waals surface area contributed by atoms with Crippen LogP contribution >= 0.6 is 15.9 Å². The van der Waals surface area contributed by atoms with E-state index in [1.807, 2.05) is 6.92 Å². The molecule has 0 spiro atoms. The first-order valence-electron chi connectivity index (χ1n) is 6.16. The fraction of sp³-hybridized carbons (Fsp3) is 0.429. The molecule has 1 aromatic carbocycles. The van der Waals surface area contributed by atoms with Crippen LogP contribution in [0.15, 0.2) is 18.2 Å². The molecule has 4 nitrogen and oxygen atoms in total. The summed E-state index contributed by atoms with van der Waals surface area (Å²) in [5, 5.41) is 0.583. The Morgan fingerprint density at radius 3 is 2.37 bits per heavy atom. The lowest BCUT2D eigenvalue weighted by Gasteiger charge is -2.09. The number of carbonyl (C=O) groups excluding carboxylic acids is 2. The van der Waals surface area contributed by atoms with Crippen LogP contribution in [0, 0.1) is 0 Å². The minimum absolute atomic E-state index is 0.0380. The maximum atomic E-state index is 11.9. The fourth-order valence-corrected chi connectivity index (χ4v) is 1.93. The Morgan fingerprint density at radius 2 is 1.79 bits per heavy atom. The summed E-state index contributed by atoms with van der Waals surface area (Å²) in [6.07, 6.45) is 0.373. The number of carbonyl (C=O) groups is 2. The molecule has 19 heavy (non-hydrogen) atoms. The molecule has 0 saturated carbocycles. The zero-order chi connectivity index (χ0) is 14.3. The second kappa shape index (κ2) is 7.94. The molecule has 104 valence electrons. The van der Waals surface area contributed by atoms with Gasteiger partial charge in [-0.05, 0) is 32.0 Å². The SMILES string of the molecule is CCOC(=O)c1cc(OCC)cc(C(=O)CCBr)c1. The minimum atomic E-state index is -0.447. The van der Waals surface area contributed by atoms with E-state index in [4.69, 9.17) is 9.47 Å². The highest BCUT2D eigenvalue weighted by atomic mass is 79.9. The molecule has 0 aliphatic rings. The number of halogens is 1. The van der Waals surface area contributed by atoms with Crippen LogP contribution in [0.5, 0.6) is 5.75 Å². The Morgan fingerprint density at radius 1 is 1.11 bits per heavy atom. The van der Waals surface area contributed by atoms with Gasteiger partial charge in [0.2, 0.25) is 0 Å². The van der Waals surface area contributed by atoms with Gasteiger partial charge in [0.1, 0.15) is 5.75 Å². The fourth-order valence-electron chi connectivity index (χ4n) is 1.57. The lowest BCUT2D eigenvalue weighted by Crippen LogP contribution is -2.08. The van der Waals surface area contributed by atoms with Gasteiger partial charge < -0.3 is 9.47 Å². The molecule has 1 aromatic rings. The highest BCUT2D eigenvalue weighted by Gasteiger charge is 2.14. The molecule has 0 radical (unpaired) electrons. The molecule has 0 aliphatic heterocycles. The number of alkyl halides is 1. The zero-order valence-corrected chi connectivity index (χ0v) is 12.7. The number of rotatable bonds is 7. The van der Waals surface area contributed by atoms with Crippen molar-refractivity contribution < 1.29 is 19.1 Å². The summed E-state index contributed by atoms with van der Waals surface area (Å²) in [6, 6.07) is 4.79. The first-order chi connectivity index (χ1) is 9.12. The zero-order valence-electron chi connectivity index (χ0n) is 11.1. The summed E-state index contributed by atoms with van der Waals surface area (Å²) in [4.78, 5) is 23.6. The van der Waals surface area contributed by atoms with Crippen LogP contribution in [0.1, 0.15) is 41.0 Å². The lowest BCUT2D eigenvalue weighted by atomic mass is 10.0. The van der Waals surface area contributed by atoms with E-state index in [1.54, 1.807) is 25.1 Å². The maximum Gasteiger partial charge on any atom is 0.338 e. The Kier molecular flexibility index (Phi) is 6.56. The third kappa shape index (κ3) is 4.67. The molecule has 0 bridgehead atoms. The monoisotopic (exact) mass is 328 g/mol. The topological polar surface area (TPSA) is 52.6 Å². The van der Waals surface area contributed by atoms with Crippen molar-refractivity contribution in [3.05, 3.63) is 29.3 Å². The predicted molar refractivity (Wildman–Crippen MR) is 76.3 cm³/mol. The summed E-state index contributed by atoms with van der Waals surface area (Å²) in [6.45, 7) is 4.35. The van der Waals surface area contributed by atoms with E-state index in [0.717, 1.165) is 0 Å². The van der Waals surface area contributed by atoms with Gasteiger partial charge in [0.25, 0.3) is 0 Å². The molecule has 0 aliphatic carbocycles. The van der Waals surface area contributed by atoms with Crippen molar-refractivity contribution in [2.75, 3.05) is 18.5 Å². The second-order valence-electron chi connectivity index (χ2n) is 3.76. The molecule has 0 fully saturated rings. The van der Waals surface area contributed by atoms with E-state index in [9.17, 15) is 9.59 Å². The van der Waals surface area contributed by atoms with E-state index >= 15 is 0 Å². The summed E-state index contributed by atoms with van der Waals surface area (Å²) in [7, 11) is 0. The molecule has 0 amide bonds. The van der Waals surface area contributed by atoms with Crippen molar-refractivity contribution in [2.45, 2.75) is 20.3 Å². The largest absolute Gasteiger partial charge is 0.494 e. The van der Waals surface area contributed by atoms with Crippen LogP contribution in [-0.2, 0) is 4.74 Å². The first kappa shape index (κ1) is 15.7. The summed E-state index contributed by atoms with van der Waals surface area (Å²) < 4.78 is 10.3. The van der Waals surface area contributed by atoms with Gasteiger partial charge in [-0.1, -0.05) is 15.9 Å². The van der Waals surface area contributed by atoms with Gasteiger partial charge in [0.15, 0.2) is 5.78 Å². The smallest absolute Gasteiger partial charge is 0.338 e. The predicted octanol–water partition coefficient (Wildman–Crippen LogP) is 3.23. The normalized spacial score (nSPS) is 10.1. The number of Topliss-reactive ketones (excluding diaryl/α,β-unsaturated/α-hetero) is 1. The molecule has 0 heterocycles. The van der Waals surface area contributed by atoms with E-state index in [1.165, 1.54) is 0 Å². The van der Waals surface area contributed by atoms with Crippen LogP contribution in [0.4, 0.5) is 0 Å². The van der Waals surface area contributed by atoms with Gasteiger partial charge in [-0.2, -0.15) is 0 Å². The maximum absolute atomic E-state index is 11.9. The molecule has 1 rings (SSSR count). The molecule has 5 heteroatoms. The average Bonchev–Trinajstić information content (AvgIpc) is 2.39. The van der Waals surface area contributed by atoms with Gasteiger partial charge in [-0.3, -0.25) is 4.79 Å². The lowest BCUT2D eigenvalue weighted by molar-refractivity contribution is 0.0526. The first-order valence-corrected chi connectivity index (χ1v) is 7.28. The van der Waals surface area contributed by atoms with E-state index < -0.39 is 5.97 Å². The third-order valence-corrected chi connectivity index (χ3v) is 2.77. The van der Waals surface area contributed by atoms with Gasteiger partial charge in [-0.15, -0.1) is 0 Å². The molecular weight excluding hydrogens is 312 g/mol. The number of hydrogen-bond acceptors (Lipinski definition) is 4. The van der Waals surface area contributed by atoms with Gasteiger partial charge >= 0.3 is 5.97 Å². The summed E-state index contributed by atoms with van der Waals surface area (Å²) in [5.41, 5.74) is 0.805. The van der Waals surface area contributed by atoms with Crippen molar-refractivity contribution in [1.29, 1.82) is 0 Å². The Balaban J connectivity index is 3.09. The number of benzene rings is 1. The van der Waals surface area contributed by atoms with Crippen molar-refractivity contribution >= 4 is 27.7 Å². The average molecular weight is 329 g/mol. The number of hydrogen-bond donors (Lipinski definition) is 0. The molecule has 0 atom stereocenters. The van der Waals surface area contributed by atoms with Gasteiger partial charge in [-0.25, -0.2) is 4.79 Å². The standard InChI is InChI=1S/C14H17BrO4/c1-3-18-12-8-10(13(16)5-6-15)7-11(9-12)14(17)19-4-2/h7-9H,3-6H2,1-2H3. The van der Waals surface area contributed by atoms with E-state index in [-0.39, 0.29) is 5.78 Å². The third-order valence-electron chi connectivity index (χ3n) is 2.37. The van der Waals surface area contributed by atoms with Crippen LogP contribution < -0.4 is 4.74 Å². The molecule has 0 saturated heterocycles. The quantitative estimate of drug-likeness (QED) is 0.438. The highest BCUT2D eigenvalue weighted by Crippen LogP contribution is 2.20. The Hall–Kier alpha value is -1.36. The molecular formula is C14H17BrO4. The second-order valence-corrected chi connectivity index (χ2v) is 4.55. The Labute approximate surface area is 121 Å². The number of ketones is 1. The molecule has 0 unspecified atom stereocenters. The Bertz CT molecular complexity index is 421. The van der Waals surface area contributed by atoms with Gasteiger partial charge in [0.05, 0.1) is 18.8 Å². The number of ether oxygens (including phenoxy) is 2. The number of esters is 1. The molecule has 0 aromatic heterocycles. The highest BCUT2D eigenvalue weighted by molar-refractivity contribution is 9.09. The van der Waals surface area contributed by atoms with E-state index in [2.05, 4.69) is 15.9 Å². The van der Waals surface area contributed by atoms with E-state index in [0.29, 0.717) is 41.8 Å². The minimum Gasteiger partial charge on any atom is -0.494 e. The van der Waals surface area contributed by atoms with Crippen LogP contribution in [0.2, 0.25) is 0 Å². The van der Waals surface area contributed by atoms with Crippen LogP contribution in [0.3, 0.4) is 0 Å². The van der Waals surface area contributed by atoms with Crippen molar-refractivity contribution in [1.82, 2.24) is 0 Å². The van der Waals surface area contributed by atoms with Gasteiger partial charge in [0, 0.05) is 17.3 Å². The van der Waals surface area contributed by atoms with Crippen LogP contribution in [0.25, 0.3) is 0 Å². The summed E-state index contributed by atoms with van der Waals surface area (Å²) >= 11 is 3.23. The van der Waals surface area contributed by atoms with Crippen molar-refractivity contribution in [3.63, 3.8) is 0 Å². The van der Waals surface area contributed by atoms with Crippen LogP contribution in [-0.4, -0.2) is 30.3 Å². The van der Waals surface area contributed by atoms with Crippen molar-refractivity contribution in [2.24, 2.45) is 0 Å². The van der Waals surface area contributed by atoms with Crippen molar-refractivity contribution in [3.8, 4) is 5.75 Å². The summed E-state index contributed by atoms with van der Waals surface area (Å²) in [5.74, 6) is 0.0203.